The zero-order valence-electron chi connectivity index (χ0n) is 12.4. The zero-order chi connectivity index (χ0) is 16.9. The molecule has 0 bridgehead atoms. The maximum Gasteiger partial charge on any atom is 0.276 e. The Morgan fingerprint density at radius 3 is 2.96 bits per heavy atom. The Hall–Kier alpha value is -2.98. The van der Waals surface area contributed by atoms with Gasteiger partial charge in [0, 0.05) is 15.6 Å². The van der Waals surface area contributed by atoms with Crippen LogP contribution in [0.1, 0.15) is 11.1 Å². The lowest BCUT2D eigenvalue weighted by atomic mass is 10.1. The molecule has 0 unspecified atom stereocenters. The van der Waals surface area contributed by atoms with Gasteiger partial charge in [0.05, 0.1) is 11.9 Å². The minimum absolute atomic E-state index is 0.0524. The summed E-state index contributed by atoms with van der Waals surface area (Å²) in [5.41, 5.74) is 2.32. The molecule has 2 aromatic rings. The molecule has 0 radical (unpaired) electrons. The number of carbonyl (C=O) groups is 1. The molecule has 0 saturated heterocycles. The molecule has 0 atom stereocenters. The second-order valence-electron chi connectivity index (χ2n) is 4.82. The van der Waals surface area contributed by atoms with Gasteiger partial charge in [-0.1, -0.05) is 28.1 Å². The van der Waals surface area contributed by atoms with Gasteiger partial charge in [0.2, 0.25) is 0 Å². The van der Waals surface area contributed by atoms with Crippen molar-refractivity contribution in [3.8, 4) is 11.8 Å². The highest BCUT2D eigenvalue weighted by Crippen LogP contribution is 2.27. The van der Waals surface area contributed by atoms with E-state index < -0.39 is 0 Å². The quantitative estimate of drug-likeness (QED) is 0.650. The number of ether oxygens (including phenoxy) is 1. The number of halogens is 1. The predicted octanol–water partition coefficient (Wildman–Crippen LogP) is 3.13. The van der Waals surface area contributed by atoms with E-state index in [2.05, 4.69) is 31.4 Å². The van der Waals surface area contributed by atoms with Gasteiger partial charge in [-0.15, -0.1) is 5.10 Å². The summed E-state index contributed by atoms with van der Waals surface area (Å²) < 4.78 is 6.17. The molecule has 0 aliphatic carbocycles. The Bertz CT molecular complexity index is 900. The summed E-state index contributed by atoms with van der Waals surface area (Å²) in [7, 11) is 0. The molecule has 6 nitrogen and oxygen atoms in total. The van der Waals surface area contributed by atoms with E-state index in [9.17, 15) is 4.79 Å². The lowest BCUT2D eigenvalue weighted by Crippen LogP contribution is -2.13. The van der Waals surface area contributed by atoms with Crippen LogP contribution in [0.4, 0.5) is 5.69 Å². The summed E-state index contributed by atoms with van der Waals surface area (Å²) in [6.07, 6.45) is 1.49. The number of benzene rings is 2. The smallest absolute Gasteiger partial charge is 0.276 e. The van der Waals surface area contributed by atoms with E-state index in [0.29, 0.717) is 22.6 Å². The monoisotopic (exact) mass is 382 g/mol. The minimum atomic E-state index is -0.297. The molecule has 24 heavy (non-hydrogen) atoms. The lowest BCUT2D eigenvalue weighted by molar-refractivity contribution is -0.110. The molecule has 118 valence electrons. The van der Waals surface area contributed by atoms with E-state index >= 15 is 0 Å². The van der Waals surface area contributed by atoms with Crippen LogP contribution < -0.4 is 10.1 Å². The fraction of sp³-hybridized carbons (Fsp3) is 0.0588. The van der Waals surface area contributed by atoms with Crippen LogP contribution in [-0.2, 0) is 4.79 Å². The van der Waals surface area contributed by atoms with E-state index in [-0.39, 0.29) is 18.2 Å². The molecule has 0 saturated carbocycles. The maximum absolute atomic E-state index is 12.0. The van der Waals surface area contributed by atoms with Crippen LogP contribution in [0.5, 0.6) is 5.75 Å². The Labute approximate surface area is 146 Å². The van der Waals surface area contributed by atoms with Crippen molar-refractivity contribution in [2.24, 2.45) is 10.2 Å². The number of nitriles is 1. The van der Waals surface area contributed by atoms with Crippen LogP contribution in [0.2, 0.25) is 0 Å². The number of fused-ring (bicyclic) bond motifs is 1. The fourth-order valence-electron chi connectivity index (χ4n) is 2.20. The molecule has 2 aromatic carbocycles. The summed E-state index contributed by atoms with van der Waals surface area (Å²) in [5.74, 6) is 0.233. The lowest BCUT2D eigenvalue weighted by Gasteiger charge is -2.03. The molecular weight excluding hydrogens is 372 g/mol. The summed E-state index contributed by atoms with van der Waals surface area (Å²) in [6.45, 7) is -0.0524. The van der Waals surface area contributed by atoms with Crippen molar-refractivity contribution in [1.82, 2.24) is 0 Å². The first-order chi connectivity index (χ1) is 11.7. The highest BCUT2D eigenvalue weighted by atomic mass is 79.9. The molecule has 3 rings (SSSR count). The van der Waals surface area contributed by atoms with Crippen LogP contribution in [0.3, 0.4) is 0 Å². The van der Waals surface area contributed by atoms with Gasteiger partial charge in [-0.2, -0.15) is 10.4 Å². The molecule has 1 N–H and O–H groups in total. The van der Waals surface area contributed by atoms with Crippen molar-refractivity contribution in [1.29, 1.82) is 5.26 Å². The SMILES string of the molecule is N#CCOc1ccccc1/C=N\N=C1C(=O)Nc2ccc(Br)cc21. The van der Waals surface area contributed by atoms with Crippen LogP contribution in [0, 0.1) is 11.3 Å². The maximum atomic E-state index is 12.0. The van der Waals surface area contributed by atoms with Crippen LogP contribution in [-0.4, -0.2) is 24.4 Å². The van der Waals surface area contributed by atoms with Gasteiger partial charge in [-0.25, -0.2) is 0 Å². The third-order valence-electron chi connectivity index (χ3n) is 3.27. The summed E-state index contributed by atoms with van der Waals surface area (Å²) in [4.78, 5) is 12.0. The second-order valence-corrected chi connectivity index (χ2v) is 5.74. The first-order valence-corrected chi connectivity index (χ1v) is 7.79. The third kappa shape index (κ3) is 3.34. The zero-order valence-corrected chi connectivity index (χ0v) is 13.9. The molecule has 1 aliphatic rings. The van der Waals surface area contributed by atoms with E-state index in [1.54, 1.807) is 24.3 Å². The third-order valence-corrected chi connectivity index (χ3v) is 3.76. The van der Waals surface area contributed by atoms with E-state index in [1.807, 2.05) is 24.3 Å². The van der Waals surface area contributed by atoms with Crippen molar-refractivity contribution in [2.45, 2.75) is 0 Å². The standard InChI is InChI=1S/C17H11BrN4O2/c18-12-5-6-14-13(9-12)16(17(23)21-14)22-20-10-11-3-1-2-4-15(11)24-8-7-19/h1-6,9-10H,8H2,(H,21,22,23)/b20-10-. The Kier molecular flexibility index (Phi) is 4.68. The fourth-order valence-corrected chi connectivity index (χ4v) is 2.56. The molecule has 7 heteroatoms. The van der Waals surface area contributed by atoms with Crippen molar-refractivity contribution in [3.63, 3.8) is 0 Å². The van der Waals surface area contributed by atoms with Crippen molar-refractivity contribution >= 4 is 39.5 Å². The molecule has 0 aromatic heterocycles. The van der Waals surface area contributed by atoms with Crippen LogP contribution in [0.25, 0.3) is 0 Å². The highest BCUT2D eigenvalue weighted by molar-refractivity contribution is 9.10. The van der Waals surface area contributed by atoms with Crippen LogP contribution in [0.15, 0.2) is 57.1 Å². The van der Waals surface area contributed by atoms with Gasteiger partial charge in [-0.3, -0.25) is 4.79 Å². The molecule has 1 heterocycles. The molecule has 0 spiro atoms. The number of rotatable bonds is 4. The van der Waals surface area contributed by atoms with Gasteiger partial charge in [0.1, 0.15) is 11.8 Å². The average Bonchev–Trinajstić information content (AvgIpc) is 2.89. The van der Waals surface area contributed by atoms with Crippen molar-refractivity contribution < 1.29 is 9.53 Å². The summed E-state index contributed by atoms with van der Waals surface area (Å²) >= 11 is 3.38. The number of nitrogens with one attached hydrogen (secondary N) is 1. The highest BCUT2D eigenvalue weighted by Gasteiger charge is 2.26. The first-order valence-electron chi connectivity index (χ1n) is 7.00. The molecule has 0 fully saturated rings. The summed E-state index contributed by atoms with van der Waals surface area (Å²) in [6, 6.07) is 14.5. The minimum Gasteiger partial charge on any atom is -0.478 e. The normalized spacial score (nSPS) is 14.5. The van der Waals surface area contributed by atoms with Gasteiger partial charge >= 0.3 is 0 Å². The number of nitrogens with zero attached hydrogens (tertiary/aromatic N) is 3. The Balaban J connectivity index is 1.87. The number of hydrogen-bond donors (Lipinski definition) is 1. The van der Waals surface area contributed by atoms with Gasteiger partial charge < -0.3 is 10.1 Å². The van der Waals surface area contributed by atoms with E-state index in [0.717, 1.165) is 4.47 Å². The second kappa shape index (κ2) is 7.06. The Morgan fingerprint density at radius 1 is 1.29 bits per heavy atom. The predicted molar refractivity (Wildman–Crippen MR) is 94.5 cm³/mol. The van der Waals surface area contributed by atoms with Crippen molar-refractivity contribution in [2.75, 3.05) is 11.9 Å². The summed E-state index contributed by atoms with van der Waals surface area (Å²) in [5, 5.41) is 19.4. The topological polar surface area (TPSA) is 86.8 Å². The number of hydrogen-bond acceptors (Lipinski definition) is 5. The van der Waals surface area contributed by atoms with Gasteiger partial charge in [0.15, 0.2) is 12.3 Å². The van der Waals surface area contributed by atoms with E-state index in [1.165, 1.54) is 6.21 Å². The average molecular weight is 383 g/mol. The first kappa shape index (κ1) is 15.9. The molecule has 1 amide bonds. The van der Waals surface area contributed by atoms with Gasteiger partial charge in [0.25, 0.3) is 5.91 Å². The largest absolute Gasteiger partial charge is 0.478 e. The molecular formula is C17H11BrN4O2. The number of amides is 1. The molecule has 1 aliphatic heterocycles. The number of carbonyl (C=O) groups excluding carboxylic acids is 1. The van der Waals surface area contributed by atoms with Crippen molar-refractivity contribution in [3.05, 3.63) is 58.1 Å². The van der Waals surface area contributed by atoms with Gasteiger partial charge in [-0.05, 0) is 30.3 Å². The number of anilines is 1. The number of para-hydroxylation sites is 1. The van der Waals surface area contributed by atoms with E-state index in [4.69, 9.17) is 10.00 Å². The van der Waals surface area contributed by atoms with Crippen LogP contribution >= 0.6 is 15.9 Å². The Morgan fingerprint density at radius 2 is 2.12 bits per heavy atom.